The van der Waals surface area contributed by atoms with Gasteiger partial charge in [-0.3, -0.25) is 4.79 Å². The van der Waals surface area contributed by atoms with Crippen molar-refractivity contribution in [2.24, 2.45) is 11.7 Å². The summed E-state index contributed by atoms with van der Waals surface area (Å²) in [7, 11) is 0. The van der Waals surface area contributed by atoms with Crippen LogP contribution in [0.3, 0.4) is 0 Å². The van der Waals surface area contributed by atoms with Crippen LogP contribution < -0.4 is 5.73 Å². The number of carbonyl (C=O) groups is 1. The lowest BCUT2D eigenvalue weighted by molar-refractivity contribution is -0.133. The van der Waals surface area contributed by atoms with E-state index in [2.05, 4.69) is 20.1 Å². The maximum absolute atomic E-state index is 12.2. The van der Waals surface area contributed by atoms with E-state index in [0.29, 0.717) is 12.0 Å². The minimum atomic E-state index is -0.296. The Balaban J connectivity index is 2.42. The highest BCUT2D eigenvalue weighted by Gasteiger charge is 2.34. The molecule has 4 heteroatoms. The van der Waals surface area contributed by atoms with E-state index >= 15 is 0 Å². The molecule has 0 bridgehead atoms. The molecular formula is C13H26N2OS. The van der Waals surface area contributed by atoms with Crippen LogP contribution in [0.5, 0.6) is 0 Å². The highest BCUT2D eigenvalue weighted by atomic mass is 32.2. The van der Waals surface area contributed by atoms with Gasteiger partial charge in [0.1, 0.15) is 0 Å². The molecule has 0 aromatic carbocycles. The SMILES string of the molecule is CSCC[C@H](N)C(=O)N(CCC(C)C)C1CC1. The average molecular weight is 258 g/mol. The van der Waals surface area contributed by atoms with Gasteiger partial charge in [0.25, 0.3) is 0 Å². The molecule has 0 aromatic heterocycles. The van der Waals surface area contributed by atoms with Gasteiger partial charge in [-0.15, -0.1) is 0 Å². The Labute approximate surface area is 109 Å². The third-order valence-corrected chi connectivity index (χ3v) is 3.81. The van der Waals surface area contributed by atoms with Crippen molar-refractivity contribution in [3.63, 3.8) is 0 Å². The van der Waals surface area contributed by atoms with E-state index in [0.717, 1.165) is 25.1 Å². The van der Waals surface area contributed by atoms with Crippen LogP contribution in [0.1, 0.15) is 39.5 Å². The monoisotopic (exact) mass is 258 g/mol. The summed E-state index contributed by atoms with van der Waals surface area (Å²) in [5.41, 5.74) is 5.97. The summed E-state index contributed by atoms with van der Waals surface area (Å²) >= 11 is 1.75. The van der Waals surface area contributed by atoms with Crippen molar-refractivity contribution >= 4 is 17.7 Å². The molecule has 100 valence electrons. The molecule has 1 amide bonds. The van der Waals surface area contributed by atoms with Crippen molar-refractivity contribution in [3.8, 4) is 0 Å². The van der Waals surface area contributed by atoms with E-state index in [1.165, 1.54) is 12.8 Å². The first-order valence-electron chi connectivity index (χ1n) is 6.61. The fourth-order valence-corrected chi connectivity index (χ4v) is 2.33. The van der Waals surface area contributed by atoms with Gasteiger partial charge < -0.3 is 10.6 Å². The van der Waals surface area contributed by atoms with Gasteiger partial charge in [-0.05, 0) is 43.6 Å². The topological polar surface area (TPSA) is 46.3 Å². The van der Waals surface area contributed by atoms with Crippen molar-refractivity contribution in [2.45, 2.75) is 51.6 Å². The molecule has 0 heterocycles. The zero-order chi connectivity index (χ0) is 12.8. The van der Waals surface area contributed by atoms with Gasteiger partial charge in [0, 0.05) is 12.6 Å². The van der Waals surface area contributed by atoms with Crippen molar-refractivity contribution in [3.05, 3.63) is 0 Å². The van der Waals surface area contributed by atoms with Crippen LogP contribution in [0, 0.1) is 5.92 Å². The average Bonchev–Trinajstić information content (AvgIpc) is 3.09. The van der Waals surface area contributed by atoms with Crippen LogP contribution in [-0.4, -0.2) is 41.4 Å². The molecule has 1 atom stereocenters. The smallest absolute Gasteiger partial charge is 0.239 e. The van der Waals surface area contributed by atoms with Crippen LogP contribution in [0.4, 0.5) is 0 Å². The van der Waals surface area contributed by atoms with E-state index in [1.807, 2.05) is 4.90 Å². The molecular weight excluding hydrogens is 232 g/mol. The zero-order valence-electron chi connectivity index (χ0n) is 11.3. The number of amides is 1. The molecule has 1 fully saturated rings. The third-order valence-electron chi connectivity index (χ3n) is 3.17. The van der Waals surface area contributed by atoms with Gasteiger partial charge in [-0.25, -0.2) is 0 Å². The first kappa shape index (κ1) is 14.8. The van der Waals surface area contributed by atoms with Gasteiger partial charge in [0.2, 0.25) is 5.91 Å². The number of nitrogens with two attached hydrogens (primary N) is 1. The lowest BCUT2D eigenvalue weighted by atomic mass is 10.1. The Bertz CT molecular complexity index is 242. The number of hydrogen-bond acceptors (Lipinski definition) is 3. The minimum absolute atomic E-state index is 0.169. The first-order valence-corrected chi connectivity index (χ1v) is 8.00. The van der Waals surface area contributed by atoms with Gasteiger partial charge in [-0.1, -0.05) is 13.8 Å². The molecule has 3 nitrogen and oxygen atoms in total. The summed E-state index contributed by atoms with van der Waals surface area (Å²) in [6.45, 7) is 5.28. The third kappa shape index (κ3) is 5.30. The Morgan fingerprint density at radius 2 is 2.06 bits per heavy atom. The Kier molecular flexibility index (Phi) is 6.34. The normalized spacial score (nSPS) is 17.2. The summed E-state index contributed by atoms with van der Waals surface area (Å²) in [4.78, 5) is 14.3. The Morgan fingerprint density at radius 3 is 2.53 bits per heavy atom. The van der Waals surface area contributed by atoms with Crippen molar-refractivity contribution in [1.82, 2.24) is 4.90 Å². The molecule has 0 unspecified atom stereocenters. The number of hydrogen-bond donors (Lipinski definition) is 1. The second kappa shape index (κ2) is 7.27. The second-order valence-corrected chi connectivity index (χ2v) is 6.32. The molecule has 1 aliphatic rings. The fraction of sp³-hybridized carbons (Fsp3) is 0.923. The Morgan fingerprint density at radius 1 is 1.41 bits per heavy atom. The quantitative estimate of drug-likeness (QED) is 0.725. The molecule has 1 aliphatic carbocycles. The van der Waals surface area contributed by atoms with E-state index < -0.39 is 0 Å². The molecule has 0 saturated heterocycles. The molecule has 0 aliphatic heterocycles. The second-order valence-electron chi connectivity index (χ2n) is 5.33. The standard InChI is InChI=1S/C13H26N2OS/c1-10(2)6-8-15(11-4-5-11)13(16)12(14)7-9-17-3/h10-12H,4-9,14H2,1-3H3/t12-/m0/s1. The van der Waals surface area contributed by atoms with Crippen LogP contribution >= 0.6 is 11.8 Å². The van der Waals surface area contributed by atoms with Crippen molar-refractivity contribution in [1.29, 1.82) is 0 Å². The molecule has 17 heavy (non-hydrogen) atoms. The summed E-state index contributed by atoms with van der Waals surface area (Å²) in [6.07, 6.45) is 6.26. The van der Waals surface area contributed by atoms with E-state index in [9.17, 15) is 4.79 Å². The van der Waals surface area contributed by atoms with Crippen molar-refractivity contribution in [2.75, 3.05) is 18.6 Å². The lowest BCUT2D eigenvalue weighted by Gasteiger charge is -2.26. The predicted molar refractivity (Wildman–Crippen MR) is 75.2 cm³/mol. The van der Waals surface area contributed by atoms with Gasteiger partial charge in [0.15, 0.2) is 0 Å². The minimum Gasteiger partial charge on any atom is -0.338 e. The lowest BCUT2D eigenvalue weighted by Crippen LogP contribution is -2.45. The van der Waals surface area contributed by atoms with Crippen molar-refractivity contribution < 1.29 is 4.79 Å². The molecule has 0 radical (unpaired) electrons. The molecule has 0 spiro atoms. The maximum atomic E-state index is 12.2. The molecule has 0 aromatic rings. The summed E-state index contributed by atoms with van der Waals surface area (Å²) in [5.74, 6) is 1.78. The van der Waals surface area contributed by atoms with E-state index in [4.69, 9.17) is 5.73 Å². The highest BCUT2D eigenvalue weighted by Crippen LogP contribution is 2.28. The predicted octanol–water partition coefficient (Wildman–Crippen LogP) is 2.10. The Hall–Kier alpha value is -0.220. The summed E-state index contributed by atoms with van der Waals surface area (Å²) < 4.78 is 0. The molecule has 1 rings (SSSR count). The fourth-order valence-electron chi connectivity index (χ4n) is 1.84. The summed E-state index contributed by atoms with van der Waals surface area (Å²) in [5, 5.41) is 0. The number of thioether (sulfide) groups is 1. The molecule has 1 saturated carbocycles. The van der Waals surface area contributed by atoms with Gasteiger partial charge >= 0.3 is 0 Å². The van der Waals surface area contributed by atoms with Crippen LogP contribution in [-0.2, 0) is 4.79 Å². The van der Waals surface area contributed by atoms with E-state index in [-0.39, 0.29) is 11.9 Å². The summed E-state index contributed by atoms with van der Waals surface area (Å²) in [6, 6.07) is 0.191. The van der Waals surface area contributed by atoms with Crippen LogP contribution in [0.25, 0.3) is 0 Å². The number of carbonyl (C=O) groups excluding carboxylic acids is 1. The van der Waals surface area contributed by atoms with Gasteiger partial charge in [0.05, 0.1) is 6.04 Å². The number of nitrogens with zero attached hydrogens (tertiary/aromatic N) is 1. The van der Waals surface area contributed by atoms with Crippen LogP contribution in [0.2, 0.25) is 0 Å². The number of rotatable bonds is 8. The zero-order valence-corrected chi connectivity index (χ0v) is 12.1. The van der Waals surface area contributed by atoms with Gasteiger partial charge in [-0.2, -0.15) is 11.8 Å². The maximum Gasteiger partial charge on any atom is 0.239 e. The largest absolute Gasteiger partial charge is 0.338 e. The molecule has 2 N–H and O–H groups in total. The van der Waals surface area contributed by atoms with Crippen LogP contribution in [0.15, 0.2) is 0 Å². The highest BCUT2D eigenvalue weighted by molar-refractivity contribution is 7.98. The first-order chi connectivity index (χ1) is 8.06. The van der Waals surface area contributed by atoms with E-state index in [1.54, 1.807) is 11.8 Å².